The second-order valence-electron chi connectivity index (χ2n) is 17.7. The van der Waals surface area contributed by atoms with Crippen molar-refractivity contribution >= 4 is 17.7 Å². The maximum absolute atomic E-state index is 14.4. The highest BCUT2D eigenvalue weighted by atomic mass is 19.1. The van der Waals surface area contributed by atoms with E-state index in [2.05, 4.69) is 46.0 Å². The summed E-state index contributed by atoms with van der Waals surface area (Å²) in [5.41, 5.74) is 0.170. The Kier molecular flexibility index (Phi) is 7.77. The third-order valence-corrected chi connectivity index (χ3v) is 14.7. The minimum Gasteiger partial charge on any atom is -0.469 e. The summed E-state index contributed by atoms with van der Waals surface area (Å²) in [6.07, 6.45) is 10.3. The van der Waals surface area contributed by atoms with Crippen LogP contribution in [0.2, 0.25) is 0 Å². The molecule has 252 valence electrons. The van der Waals surface area contributed by atoms with E-state index in [1.807, 2.05) is 13.8 Å². The number of fused-ring (bicyclic) bond motifs is 7. The molecule has 5 aliphatic rings. The third-order valence-electron chi connectivity index (χ3n) is 14.7. The molecule has 5 nitrogen and oxygen atoms in total. The lowest BCUT2D eigenvalue weighted by Gasteiger charge is -2.71. The molecule has 46 heavy (non-hydrogen) atoms. The summed E-state index contributed by atoms with van der Waals surface area (Å²) in [4.78, 5) is 41.3. The molecule has 1 amide bonds. The van der Waals surface area contributed by atoms with Gasteiger partial charge in [-0.3, -0.25) is 14.4 Å². The second kappa shape index (κ2) is 10.7. The maximum atomic E-state index is 14.4. The minimum absolute atomic E-state index is 0.0427. The first kappa shape index (κ1) is 33.3. The number of esters is 1. The van der Waals surface area contributed by atoms with Gasteiger partial charge >= 0.3 is 5.97 Å². The Morgan fingerprint density at radius 3 is 2.30 bits per heavy atom. The fourth-order valence-electron chi connectivity index (χ4n) is 12.0. The van der Waals surface area contributed by atoms with Gasteiger partial charge in [0.25, 0.3) is 0 Å². The molecule has 0 aromatic heterocycles. The average molecular weight is 638 g/mol. The van der Waals surface area contributed by atoms with Crippen LogP contribution in [0.3, 0.4) is 0 Å². The van der Waals surface area contributed by atoms with Gasteiger partial charge in [0.05, 0.1) is 18.4 Å². The van der Waals surface area contributed by atoms with Crippen LogP contribution in [-0.4, -0.2) is 24.8 Å². The van der Waals surface area contributed by atoms with Crippen molar-refractivity contribution in [1.29, 1.82) is 0 Å². The predicted molar refractivity (Wildman–Crippen MR) is 173 cm³/mol. The van der Waals surface area contributed by atoms with Gasteiger partial charge in [0.2, 0.25) is 5.91 Å². The number of ether oxygens (including phenoxy) is 1. The molecule has 0 bridgehead atoms. The zero-order chi connectivity index (χ0) is 33.7. The van der Waals surface area contributed by atoms with Crippen LogP contribution in [-0.2, 0) is 25.7 Å². The number of halogens is 2. The summed E-state index contributed by atoms with van der Waals surface area (Å²) in [6.45, 7) is 15.8. The van der Waals surface area contributed by atoms with Crippen LogP contribution in [0, 0.1) is 67.8 Å². The van der Waals surface area contributed by atoms with E-state index in [9.17, 15) is 23.2 Å². The molecule has 1 N–H and O–H groups in total. The lowest BCUT2D eigenvalue weighted by Crippen LogP contribution is -2.66. The van der Waals surface area contributed by atoms with Crippen molar-refractivity contribution in [1.82, 2.24) is 5.32 Å². The van der Waals surface area contributed by atoms with E-state index in [4.69, 9.17) is 4.74 Å². The van der Waals surface area contributed by atoms with Crippen LogP contribution < -0.4 is 5.32 Å². The van der Waals surface area contributed by atoms with E-state index in [1.54, 1.807) is 0 Å². The monoisotopic (exact) mass is 637 g/mol. The Hall–Kier alpha value is -2.57. The number of carbonyl (C=O) groups is 3. The van der Waals surface area contributed by atoms with Gasteiger partial charge < -0.3 is 10.1 Å². The third kappa shape index (κ3) is 4.59. The first-order chi connectivity index (χ1) is 21.4. The zero-order valence-electron chi connectivity index (χ0n) is 29.1. The number of methoxy groups -OCH3 is 1. The molecular weight excluding hydrogens is 584 g/mol. The molecule has 0 aliphatic heterocycles. The van der Waals surface area contributed by atoms with Gasteiger partial charge in [0, 0.05) is 23.6 Å². The second-order valence-corrected chi connectivity index (χ2v) is 17.7. The number of Topliss-reactive ketones (excluding diaryl/α,β-unsaturated/α-hetero) is 1. The quantitative estimate of drug-likeness (QED) is 0.205. The molecule has 6 rings (SSSR count). The number of hydrogen-bond donors (Lipinski definition) is 1. The number of benzene rings is 1. The van der Waals surface area contributed by atoms with E-state index >= 15 is 0 Å². The smallest absolute Gasteiger partial charge is 0.312 e. The molecule has 0 saturated heterocycles. The van der Waals surface area contributed by atoms with Crippen LogP contribution in [0.4, 0.5) is 8.78 Å². The number of amides is 1. The normalized spacial score (nSPS) is 40.7. The van der Waals surface area contributed by atoms with Crippen LogP contribution in [0.1, 0.15) is 112 Å². The van der Waals surface area contributed by atoms with Gasteiger partial charge in [0.1, 0.15) is 11.6 Å². The number of nitrogens with one attached hydrogen (secondary N) is 1. The van der Waals surface area contributed by atoms with Gasteiger partial charge in [0.15, 0.2) is 5.78 Å². The summed E-state index contributed by atoms with van der Waals surface area (Å²) >= 11 is 0. The molecule has 1 aromatic rings. The first-order valence-electron chi connectivity index (χ1n) is 17.4. The van der Waals surface area contributed by atoms with Gasteiger partial charge in [-0.2, -0.15) is 0 Å². The average Bonchev–Trinajstić information content (AvgIpc) is 2.98. The first-order valence-corrected chi connectivity index (χ1v) is 17.4. The molecule has 4 unspecified atom stereocenters. The summed E-state index contributed by atoms with van der Waals surface area (Å²) in [5, 5.41) is 2.83. The Labute approximate surface area is 273 Å². The highest BCUT2D eigenvalue weighted by molar-refractivity contribution is 6.04. The molecule has 5 aliphatic carbocycles. The fourth-order valence-corrected chi connectivity index (χ4v) is 12.0. The topological polar surface area (TPSA) is 72.5 Å². The molecule has 7 heteroatoms. The number of hydrogen-bond acceptors (Lipinski definition) is 4. The molecule has 0 heterocycles. The lowest BCUT2D eigenvalue weighted by molar-refractivity contribution is -0.196. The van der Waals surface area contributed by atoms with Crippen molar-refractivity contribution in [2.24, 2.45) is 56.2 Å². The number of carbonyl (C=O) groups excluding carboxylic acids is 3. The zero-order valence-corrected chi connectivity index (χ0v) is 29.1. The largest absolute Gasteiger partial charge is 0.469 e. The Morgan fingerprint density at radius 2 is 1.63 bits per heavy atom. The fraction of sp³-hybridized carbons (Fsp3) is 0.718. The van der Waals surface area contributed by atoms with Gasteiger partial charge in [-0.1, -0.05) is 66.2 Å². The molecule has 8 atom stereocenters. The van der Waals surface area contributed by atoms with Crippen molar-refractivity contribution in [2.45, 2.75) is 113 Å². The number of rotatable bonds is 4. The summed E-state index contributed by atoms with van der Waals surface area (Å²) in [5.74, 6) is -2.15. The minimum atomic E-state index is -0.835. The SMILES string of the molecule is COC(=O)[C@]12CCC(C)(C)CC1C1=CCC3[C@@]4(C)CC(C(=O)NCc5ccc(F)cc5F)C(=O)C(C)(C)C4CC[C@@]3(C)[C@]1(C)CC2. The van der Waals surface area contributed by atoms with Crippen molar-refractivity contribution < 1.29 is 27.9 Å². The van der Waals surface area contributed by atoms with Crippen LogP contribution in [0.5, 0.6) is 0 Å². The molecule has 4 fully saturated rings. The van der Waals surface area contributed by atoms with E-state index < -0.39 is 28.4 Å². The van der Waals surface area contributed by atoms with Crippen molar-refractivity contribution in [2.75, 3.05) is 7.11 Å². The van der Waals surface area contributed by atoms with Crippen LogP contribution in [0.15, 0.2) is 29.8 Å². The van der Waals surface area contributed by atoms with Crippen molar-refractivity contribution in [3.63, 3.8) is 0 Å². The van der Waals surface area contributed by atoms with Crippen molar-refractivity contribution in [3.8, 4) is 0 Å². The van der Waals surface area contributed by atoms with Crippen LogP contribution >= 0.6 is 0 Å². The van der Waals surface area contributed by atoms with Gasteiger partial charge in [-0.25, -0.2) is 8.78 Å². The molecule has 0 radical (unpaired) electrons. The maximum Gasteiger partial charge on any atom is 0.312 e. The standard InChI is InChI=1S/C39H53F2NO4/c1-34(2)15-17-39(33(45)46-8)18-16-37(6)26(27(39)21-34)11-12-30-36(5)20-25(31(43)35(3,4)29(36)13-14-38(30,37)7)32(44)42-22-23-9-10-24(40)19-28(23)41/h9-11,19,25,27,29-30H,12-18,20-22H2,1-8H3,(H,42,44)/t25?,27?,29?,30?,36-,37+,38+,39-/m0/s1. The Bertz CT molecular complexity index is 1500. The number of ketones is 1. The van der Waals surface area contributed by atoms with Crippen LogP contribution in [0.25, 0.3) is 0 Å². The summed E-state index contributed by atoms with van der Waals surface area (Å²) < 4.78 is 33.3. The molecule has 1 aromatic carbocycles. The Balaban J connectivity index is 1.35. The predicted octanol–water partition coefficient (Wildman–Crippen LogP) is 8.35. The summed E-state index contributed by atoms with van der Waals surface area (Å²) in [6, 6.07) is 3.32. The highest BCUT2D eigenvalue weighted by Crippen LogP contribution is 2.75. The molecule has 4 saturated carbocycles. The highest BCUT2D eigenvalue weighted by Gasteiger charge is 2.70. The van der Waals surface area contributed by atoms with E-state index in [0.29, 0.717) is 6.42 Å². The molecule has 0 spiro atoms. The molecular formula is C39H53F2NO4. The van der Waals surface area contributed by atoms with Gasteiger partial charge in [-0.05, 0) is 103 Å². The van der Waals surface area contributed by atoms with E-state index in [-0.39, 0.29) is 69.2 Å². The lowest BCUT2D eigenvalue weighted by atomic mass is 9.33. The number of allylic oxidation sites excluding steroid dienone is 2. The van der Waals surface area contributed by atoms with Crippen molar-refractivity contribution in [3.05, 3.63) is 47.0 Å². The van der Waals surface area contributed by atoms with E-state index in [1.165, 1.54) is 24.8 Å². The van der Waals surface area contributed by atoms with E-state index in [0.717, 1.165) is 57.4 Å². The summed E-state index contributed by atoms with van der Waals surface area (Å²) in [7, 11) is 1.53. The van der Waals surface area contributed by atoms with Gasteiger partial charge in [-0.15, -0.1) is 0 Å². The Morgan fingerprint density at radius 1 is 0.935 bits per heavy atom.